The quantitative estimate of drug-likeness (QED) is 0.317. The van der Waals surface area contributed by atoms with E-state index in [0.717, 1.165) is 37.0 Å². The second-order valence-electron chi connectivity index (χ2n) is 13.3. The molecule has 8 nitrogen and oxygen atoms in total. The summed E-state index contributed by atoms with van der Waals surface area (Å²) in [6.45, 7) is 11.9. The number of aliphatic imine (C=N–C) groups is 1. The first kappa shape index (κ1) is 27.9. The number of aliphatic hydroxyl groups excluding tert-OH is 1. The van der Waals surface area contributed by atoms with Crippen LogP contribution in [0.15, 0.2) is 53.5 Å². The summed E-state index contributed by atoms with van der Waals surface area (Å²) >= 11 is 0. The Labute approximate surface area is 243 Å². The van der Waals surface area contributed by atoms with Gasteiger partial charge in [-0.05, 0) is 73.1 Å². The molecular formula is C33H43N5O3. The standard InChI is InChI=1S/C33H43N5O3/c1-20-18-36(12-13-37(20)29-16-23-15-28(21(29)2)33(23,3)4)32(34)35-24-10-11-26-27(17-24)31(41)38(30(26)40)25(19-39)14-22-8-6-5-7-9-22/h5-11,17,20-21,23,25,28-29,39H,12-16,18-19H2,1-4H3,(H2,34,35)/t20-,21+,23-,25+,28-,29-/m0/s1. The Morgan fingerprint density at radius 2 is 1.78 bits per heavy atom. The molecule has 4 fully saturated rings. The van der Waals surface area contributed by atoms with Gasteiger partial charge in [0.05, 0.1) is 29.5 Å². The second-order valence-corrected chi connectivity index (χ2v) is 13.3. The van der Waals surface area contributed by atoms with Crippen molar-refractivity contribution in [3.8, 4) is 0 Å². The number of carbonyl (C=O) groups excluding carboxylic acids is 2. The van der Waals surface area contributed by atoms with E-state index in [-0.39, 0.29) is 12.5 Å². The number of nitrogens with zero attached hydrogens (tertiary/aromatic N) is 4. The summed E-state index contributed by atoms with van der Waals surface area (Å²) in [5, 5.41) is 10.1. The molecule has 2 aromatic rings. The summed E-state index contributed by atoms with van der Waals surface area (Å²) in [6.07, 6.45) is 3.07. The summed E-state index contributed by atoms with van der Waals surface area (Å²) in [7, 11) is 0. The predicted octanol–water partition coefficient (Wildman–Crippen LogP) is 3.91. The van der Waals surface area contributed by atoms with Crippen molar-refractivity contribution in [1.82, 2.24) is 14.7 Å². The molecule has 7 rings (SSSR count). The number of aliphatic hydroxyl groups is 1. The molecule has 2 aromatic carbocycles. The van der Waals surface area contributed by atoms with Gasteiger partial charge in [-0.2, -0.15) is 0 Å². The minimum atomic E-state index is -0.636. The molecule has 5 aliphatic rings. The number of hydrogen-bond donors (Lipinski definition) is 2. The Hall–Kier alpha value is -3.23. The van der Waals surface area contributed by atoms with E-state index in [1.807, 2.05) is 30.3 Å². The minimum absolute atomic E-state index is 0.304. The Bertz CT molecular complexity index is 1360. The van der Waals surface area contributed by atoms with Crippen molar-refractivity contribution >= 4 is 23.5 Å². The van der Waals surface area contributed by atoms with Gasteiger partial charge in [-0.25, -0.2) is 4.99 Å². The van der Waals surface area contributed by atoms with Crippen LogP contribution in [-0.4, -0.2) is 81.9 Å². The molecule has 0 spiro atoms. The van der Waals surface area contributed by atoms with Crippen LogP contribution in [0.2, 0.25) is 0 Å². The van der Waals surface area contributed by atoms with Crippen LogP contribution in [0.4, 0.5) is 5.69 Å². The summed E-state index contributed by atoms with van der Waals surface area (Å²) in [5.74, 6) is 2.01. The highest BCUT2D eigenvalue weighted by atomic mass is 16.3. The van der Waals surface area contributed by atoms with Gasteiger partial charge in [-0.3, -0.25) is 19.4 Å². The van der Waals surface area contributed by atoms with Crippen LogP contribution in [-0.2, 0) is 6.42 Å². The molecular weight excluding hydrogens is 514 g/mol. The summed E-state index contributed by atoms with van der Waals surface area (Å²) in [5.41, 5.74) is 9.14. The average Bonchev–Trinajstić information content (AvgIpc) is 3.21. The Balaban J connectivity index is 1.13. The Kier molecular flexibility index (Phi) is 7.19. The zero-order valence-corrected chi connectivity index (χ0v) is 24.7. The number of amides is 2. The number of guanidine groups is 1. The topological polar surface area (TPSA) is 102 Å². The number of benzene rings is 2. The molecule has 0 radical (unpaired) electrons. The van der Waals surface area contributed by atoms with Crippen molar-refractivity contribution < 1.29 is 14.7 Å². The number of rotatable bonds is 6. The maximum atomic E-state index is 13.4. The van der Waals surface area contributed by atoms with Crippen LogP contribution in [0.5, 0.6) is 0 Å². The van der Waals surface area contributed by atoms with Crippen molar-refractivity contribution in [2.45, 2.75) is 65.1 Å². The van der Waals surface area contributed by atoms with Gasteiger partial charge in [0.25, 0.3) is 11.8 Å². The third-order valence-corrected chi connectivity index (χ3v) is 10.8. The van der Waals surface area contributed by atoms with Gasteiger partial charge in [0, 0.05) is 31.7 Å². The number of fused-ring (bicyclic) bond motifs is 3. The smallest absolute Gasteiger partial charge is 0.261 e. The third kappa shape index (κ3) is 4.75. The van der Waals surface area contributed by atoms with Gasteiger partial charge >= 0.3 is 0 Å². The highest BCUT2D eigenvalue weighted by molar-refractivity contribution is 6.22. The lowest BCUT2D eigenvalue weighted by molar-refractivity contribution is -0.147. The first-order valence-corrected chi connectivity index (χ1v) is 15.1. The van der Waals surface area contributed by atoms with Crippen molar-refractivity contribution in [3.63, 3.8) is 0 Å². The monoisotopic (exact) mass is 557 g/mol. The van der Waals surface area contributed by atoms with E-state index < -0.39 is 11.9 Å². The van der Waals surface area contributed by atoms with Crippen LogP contribution in [0.25, 0.3) is 0 Å². The first-order valence-electron chi connectivity index (χ1n) is 15.1. The highest BCUT2D eigenvalue weighted by Crippen LogP contribution is 2.62. The molecule has 3 saturated carbocycles. The number of nitrogens with two attached hydrogens (primary N) is 1. The van der Waals surface area contributed by atoms with Gasteiger partial charge in [-0.1, -0.05) is 51.1 Å². The van der Waals surface area contributed by atoms with E-state index in [4.69, 9.17) is 5.73 Å². The lowest BCUT2D eigenvalue weighted by Crippen LogP contribution is -2.65. The van der Waals surface area contributed by atoms with Crippen LogP contribution in [0, 0.1) is 23.2 Å². The Morgan fingerprint density at radius 1 is 1.05 bits per heavy atom. The minimum Gasteiger partial charge on any atom is -0.394 e. The van der Waals surface area contributed by atoms with Crippen LogP contribution in [0.3, 0.4) is 0 Å². The zero-order valence-electron chi connectivity index (χ0n) is 24.7. The number of hydrogen-bond acceptors (Lipinski definition) is 5. The predicted molar refractivity (Wildman–Crippen MR) is 160 cm³/mol. The molecule has 1 saturated heterocycles. The number of carbonyl (C=O) groups is 2. The lowest BCUT2D eigenvalue weighted by Gasteiger charge is -2.64. The molecule has 0 aromatic heterocycles. The summed E-state index contributed by atoms with van der Waals surface area (Å²) < 4.78 is 0. The molecule has 2 bridgehead atoms. The molecule has 41 heavy (non-hydrogen) atoms. The molecule has 2 amide bonds. The third-order valence-electron chi connectivity index (χ3n) is 10.8. The van der Waals surface area contributed by atoms with E-state index in [9.17, 15) is 14.7 Å². The van der Waals surface area contributed by atoms with Gasteiger partial charge in [-0.15, -0.1) is 0 Å². The van der Waals surface area contributed by atoms with Crippen LogP contribution >= 0.6 is 0 Å². The zero-order chi connectivity index (χ0) is 29.1. The van der Waals surface area contributed by atoms with Gasteiger partial charge in [0.15, 0.2) is 5.96 Å². The summed E-state index contributed by atoms with van der Waals surface area (Å²) in [6, 6.07) is 15.0. The normalized spacial score (nSPS) is 30.3. The maximum absolute atomic E-state index is 13.4. The van der Waals surface area contributed by atoms with Crippen molar-refractivity contribution in [3.05, 3.63) is 65.2 Å². The fourth-order valence-corrected chi connectivity index (χ4v) is 8.21. The second kappa shape index (κ2) is 10.6. The number of imide groups is 1. The van der Waals surface area contributed by atoms with E-state index in [1.165, 1.54) is 17.7 Å². The van der Waals surface area contributed by atoms with Crippen molar-refractivity contribution in [2.24, 2.45) is 33.9 Å². The van der Waals surface area contributed by atoms with Crippen LogP contribution in [0.1, 0.15) is 66.8 Å². The highest BCUT2D eigenvalue weighted by Gasteiger charge is 2.57. The fourth-order valence-electron chi connectivity index (χ4n) is 8.21. The SMILES string of the molecule is C[C@H]1[C@@H](N2CCN(C(N)=Nc3ccc4c(c3)C(=O)N([C@@H](CO)Cc3ccccc3)C4=O)C[C@@H]2C)C[C@@H]2C[C@@H]1C2(C)C. The average molecular weight is 558 g/mol. The molecule has 0 unspecified atom stereocenters. The van der Waals surface area contributed by atoms with Crippen LogP contribution < -0.4 is 5.73 Å². The molecule has 6 atom stereocenters. The number of piperazine rings is 1. The van der Waals surface area contributed by atoms with E-state index in [0.29, 0.717) is 52.6 Å². The molecule has 8 heteroatoms. The molecule has 218 valence electrons. The molecule has 2 heterocycles. The maximum Gasteiger partial charge on any atom is 0.261 e. The van der Waals surface area contributed by atoms with E-state index in [2.05, 4.69) is 42.5 Å². The largest absolute Gasteiger partial charge is 0.394 e. The van der Waals surface area contributed by atoms with Crippen molar-refractivity contribution in [2.75, 3.05) is 26.2 Å². The fraction of sp³-hybridized carbons (Fsp3) is 0.545. The Morgan fingerprint density at radius 3 is 2.44 bits per heavy atom. The lowest BCUT2D eigenvalue weighted by atomic mass is 9.44. The first-order chi connectivity index (χ1) is 19.6. The van der Waals surface area contributed by atoms with Gasteiger partial charge in [0.1, 0.15) is 0 Å². The molecule has 2 aliphatic heterocycles. The van der Waals surface area contributed by atoms with Crippen molar-refractivity contribution in [1.29, 1.82) is 0 Å². The van der Waals surface area contributed by atoms with Gasteiger partial charge < -0.3 is 15.7 Å². The van der Waals surface area contributed by atoms with Gasteiger partial charge in [0.2, 0.25) is 0 Å². The van der Waals surface area contributed by atoms with E-state index >= 15 is 0 Å². The summed E-state index contributed by atoms with van der Waals surface area (Å²) in [4.78, 5) is 37.2. The molecule has 3 aliphatic carbocycles. The van der Waals surface area contributed by atoms with E-state index in [1.54, 1.807) is 18.2 Å². The molecule has 3 N–H and O–H groups in total.